The second kappa shape index (κ2) is 6.87. The van der Waals surface area contributed by atoms with Crippen LogP contribution in [0.1, 0.15) is 26.5 Å². The number of hydrogen-bond donors (Lipinski definition) is 2. The van der Waals surface area contributed by atoms with E-state index < -0.39 is 21.5 Å². The van der Waals surface area contributed by atoms with E-state index >= 15 is 0 Å². The van der Waals surface area contributed by atoms with Gasteiger partial charge in [0.15, 0.2) is 4.96 Å². The Bertz CT molecular complexity index is 1230. The lowest BCUT2D eigenvalue weighted by Gasteiger charge is -2.11. The van der Waals surface area contributed by atoms with Gasteiger partial charge < -0.3 is 5.32 Å². The molecular weight excluding hydrogens is 388 g/mol. The predicted octanol–water partition coefficient (Wildman–Crippen LogP) is 1.84. The van der Waals surface area contributed by atoms with Gasteiger partial charge in [0.25, 0.3) is 11.5 Å². The van der Waals surface area contributed by atoms with E-state index in [0.717, 1.165) is 10.6 Å². The molecule has 0 radical (unpaired) electrons. The third-order valence-electron chi connectivity index (χ3n) is 4.30. The van der Waals surface area contributed by atoms with Gasteiger partial charge in [-0.1, -0.05) is 6.07 Å². The second-order valence-corrected chi connectivity index (χ2v) is 9.05. The van der Waals surface area contributed by atoms with Crippen molar-refractivity contribution in [1.29, 1.82) is 0 Å². The maximum atomic E-state index is 12.7. The van der Waals surface area contributed by atoms with Gasteiger partial charge in [0.1, 0.15) is 5.56 Å². The molecule has 0 bridgehead atoms. The van der Waals surface area contributed by atoms with E-state index in [4.69, 9.17) is 0 Å². The van der Waals surface area contributed by atoms with Gasteiger partial charge in [0, 0.05) is 22.5 Å². The first kappa shape index (κ1) is 19.2. The summed E-state index contributed by atoms with van der Waals surface area (Å²) in [4.78, 5) is 31.0. The number of amides is 1. The van der Waals surface area contributed by atoms with Crippen LogP contribution in [-0.2, 0) is 10.0 Å². The molecule has 1 amide bonds. The molecule has 0 atom stereocenters. The molecule has 10 heteroatoms. The maximum absolute atomic E-state index is 12.7. The fourth-order valence-corrected chi connectivity index (χ4v) is 4.23. The molecule has 0 aliphatic carbocycles. The number of benzene rings is 1. The first-order chi connectivity index (χ1) is 12.7. The van der Waals surface area contributed by atoms with Crippen LogP contribution in [0.4, 0.5) is 5.69 Å². The van der Waals surface area contributed by atoms with Gasteiger partial charge in [-0.15, -0.1) is 11.3 Å². The van der Waals surface area contributed by atoms with Crippen LogP contribution in [0.5, 0.6) is 0 Å². The van der Waals surface area contributed by atoms with Crippen LogP contribution in [0.3, 0.4) is 0 Å². The van der Waals surface area contributed by atoms with Crippen molar-refractivity contribution in [3.8, 4) is 0 Å². The summed E-state index contributed by atoms with van der Waals surface area (Å²) < 4.78 is 27.6. The molecule has 0 fully saturated rings. The van der Waals surface area contributed by atoms with Crippen molar-refractivity contribution in [2.24, 2.45) is 0 Å². The maximum Gasteiger partial charge on any atom is 0.271 e. The van der Waals surface area contributed by atoms with E-state index in [1.807, 2.05) is 6.92 Å². The first-order valence-corrected chi connectivity index (χ1v) is 10.3. The Morgan fingerprint density at radius 1 is 1.22 bits per heavy atom. The molecule has 0 aliphatic rings. The van der Waals surface area contributed by atoms with Crippen LogP contribution in [0.15, 0.2) is 34.1 Å². The van der Waals surface area contributed by atoms with E-state index in [-0.39, 0.29) is 10.5 Å². The lowest BCUT2D eigenvalue weighted by Crippen LogP contribution is -2.27. The average molecular weight is 406 g/mol. The molecular formula is C17H18N4O4S2. The number of aromatic nitrogens is 2. The van der Waals surface area contributed by atoms with Gasteiger partial charge in [0.05, 0.1) is 4.90 Å². The summed E-state index contributed by atoms with van der Waals surface area (Å²) in [6.07, 6.45) is 1.24. The Morgan fingerprint density at radius 3 is 2.59 bits per heavy atom. The van der Waals surface area contributed by atoms with Crippen LogP contribution in [0.2, 0.25) is 0 Å². The minimum absolute atomic E-state index is 0.0144. The van der Waals surface area contributed by atoms with Gasteiger partial charge in [-0.25, -0.2) is 18.1 Å². The van der Waals surface area contributed by atoms with E-state index in [1.54, 1.807) is 19.9 Å². The standard InChI is InChI=1S/C17H18N4O4S2/c1-9-5-6-12(27(24,25)18-4)7-14(9)20-15(22)13-8-19-17-21(16(13)23)10(2)11(3)26-17/h5-8,18H,1-4H3,(H,20,22). The molecule has 3 aromatic rings. The molecule has 2 aromatic heterocycles. The van der Waals surface area contributed by atoms with Crippen molar-refractivity contribution >= 4 is 37.9 Å². The molecule has 27 heavy (non-hydrogen) atoms. The first-order valence-electron chi connectivity index (χ1n) is 7.99. The lowest BCUT2D eigenvalue weighted by molar-refractivity contribution is 0.102. The summed E-state index contributed by atoms with van der Waals surface area (Å²) in [5.41, 5.74) is 1.13. The zero-order chi connectivity index (χ0) is 19.9. The zero-order valence-corrected chi connectivity index (χ0v) is 16.8. The predicted molar refractivity (Wildman–Crippen MR) is 104 cm³/mol. The summed E-state index contributed by atoms with van der Waals surface area (Å²) in [5, 5.41) is 2.61. The van der Waals surface area contributed by atoms with E-state index in [0.29, 0.717) is 16.2 Å². The number of thiazole rings is 1. The number of carbonyl (C=O) groups is 1. The van der Waals surface area contributed by atoms with Crippen LogP contribution in [0, 0.1) is 20.8 Å². The van der Waals surface area contributed by atoms with Gasteiger partial charge in [-0.2, -0.15) is 0 Å². The Labute approximate surface area is 159 Å². The topological polar surface area (TPSA) is 110 Å². The fraction of sp³-hybridized carbons (Fsp3) is 0.235. The largest absolute Gasteiger partial charge is 0.321 e. The normalized spacial score (nSPS) is 11.7. The zero-order valence-electron chi connectivity index (χ0n) is 15.2. The molecule has 2 N–H and O–H groups in total. The number of sulfonamides is 1. The van der Waals surface area contributed by atoms with Crippen LogP contribution in [-0.4, -0.2) is 30.8 Å². The highest BCUT2D eigenvalue weighted by molar-refractivity contribution is 7.89. The van der Waals surface area contributed by atoms with Gasteiger partial charge >= 0.3 is 0 Å². The highest BCUT2D eigenvalue weighted by Crippen LogP contribution is 2.21. The number of hydrogen-bond acceptors (Lipinski definition) is 6. The summed E-state index contributed by atoms with van der Waals surface area (Å²) in [7, 11) is -2.35. The van der Waals surface area contributed by atoms with Crippen LogP contribution >= 0.6 is 11.3 Å². The van der Waals surface area contributed by atoms with Crippen molar-refractivity contribution in [2.45, 2.75) is 25.7 Å². The number of anilines is 1. The number of rotatable bonds is 4. The van der Waals surface area contributed by atoms with Crippen molar-refractivity contribution < 1.29 is 13.2 Å². The third-order valence-corrected chi connectivity index (χ3v) is 6.78. The highest BCUT2D eigenvalue weighted by atomic mass is 32.2. The van der Waals surface area contributed by atoms with Gasteiger partial charge in [-0.3, -0.25) is 14.0 Å². The smallest absolute Gasteiger partial charge is 0.271 e. The molecule has 0 spiro atoms. The van der Waals surface area contributed by atoms with Gasteiger partial charge in [-0.05, 0) is 45.5 Å². The average Bonchev–Trinajstić information content (AvgIpc) is 2.91. The quantitative estimate of drug-likeness (QED) is 0.687. The molecule has 0 saturated heterocycles. The molecule has 2 heterocycles. The summed E-state index contributed by atoms with van der Waals surface area (Å²) >= 11 is 1.37. The molecule has 0 saturated carbocycles. The monoisotopic (exact) mass is 406 g/mol. The lowest BCUT2D eigenvalue weighted by atomic mass is 10.2. The molecule has 3 rings (SSSR count). The van der Waals surface area contributed by atoms with Crippen molar-refractivity contribution in [2.75, 3.05) is 12.4 Å². The molecule has 142 valence electrons. The molecule has 0 aliphatic heterocycles. The van der Waals surface area contributed by atoms with Gasteiger partial charge in [0.2, 0.25) is 10.0 Å². The Balaban J connectivity index is 2.03. The summed E-state index contributed by atoms with van der Waals surface area (Å²) in [5.74, 6) is -0.646. The number of nitrogens with zero attached hydrogens (tertiary/aromatic N) is 2. The third kappa shape index (κ3) is 3.38. The highest BCUT2D eigenvalue weighted by Gasteiger charge is 2.19. The van der Waals surface area contributed by atoms with E-state index in [9.17, 15) is 18.0 Å². The van der Waals surface area contributed by atoms with Crippen molar-refractivity contribution in [3.63, 3.8) is 0 Å². The van der Waals surface area contributed by atoms with Crippen molar-refractivity contribution in [1.82, 2.24) is 14.1 Å². The minimum atomic E-state index is -3.66. The van der Waals surface area contributed by atoms with E-state index in [2.05, 4.69) is 15.0 Å². The summed E-state index contributed by atoms with van der Waals surface area (Å²) in [6.45, 7) is 5.40. The Kier molecular flexibility index (Phi) is 4.89. The number of nitrogens with one attached hydrogen (secondary N) is 2. The number of carbonyl (C=O) groups excluding carboxylic acids is 1. The summed E-state index contributed by atoms with van der Waals surface area (Å²) in [6, 6.07) is 4.37. The molecule has 8 nitrogen and oxygen atoms in total. The number of fused-ring (bicyclic) bond motifs is 1. The second-order valence-electron chi connectivity index (χ2n) is 5.98. The minimum Gasteiger partial charge on any atom is -0.321 e. The fourth-order valence-electron chi connectivity index (χ4n) is 2.54. The molecule has 1 aromatic carbocycles. The number of aryl methyl sites for hydroxylation is 3. The molecule has 0 unspecified atom stereocenters. The van der Waals surface area contributed by atoms with E-state index in [1.165, 1.54) is 41.1 Å². The van der Waals surface area contributed by atoms with Crippen LogP contribution < -0.4 is 15.6 Å². The van der Waals surface area contributed by atoms with Crippen molar-refractivity contribution in [3.05, 3.63) is 56.4 Å². The Morgan fingerprint density at radius 2 is 1.93 bits per heavy atom. The van der Waals surface area contributed by atoms with Crippen LogP contribution in [0.25, 0.3) is 4.96 Å². The SMILES string of the molecule is CNS(=O)(=O)c1ccc(C)c(NC(=O)c2cnc3sc(C)c(C)n3c2=O)c1. The Hall–Kier alpha value is -2.56.